The summed E-state index contributed by atoms with van der Waals surface area (Å²) in [4.78, 5) is 20.0. The van der Waals surface area contributed by atoms with Gasteiger partial charge in [-0.1, -0.05) is 11.6 Å². The van der Waals surface area contributed by atoms with Crippen molar-refractivity contribution in [2.45, 2.75) is 18.7 Å². The molecule has 0 aromatic carbocycles. The SMILES string of the molecule is CC(NC(=O)CSCc1ccc(Cl)s1)c1ncc[nH]1. The van der Waals surface area contributed by atoms with Crippen LogP contribution < -0.4 is 5.32 Å². The molecule has 4 nitrogen and oxygen atoms in total. The molecule has 0 aliphatic rings. The molecule has 2 aromatic rings. The van der Waals surface area contributed by atoms with Gasteiger partial charge in [-0.05, 0) is 19.1 Å². The zero-order valence-electron chi connectivity index (χ0n) is 10.4. The number of hydrogen-bond donors (Lipinski definition) is 2. The van der Waals surface area contributed by atoms with Crippen LogP contribution in [0, 0.1) is 0 Å². The van der Waals surface area contributed by atoms with E-state index < -0.39 is 0 Å². The molecule has 2 rings (SSSR count). The third-order valence-electron chi connectivity index (χ3n) is 2.41. The van der Waals surface area contributed by atoms with Gasteiger partial charge in [-0.25, -0.2) is 4.98 Å². The number of nitrogens with one attached hydrogen (secondary N) is 2. The highest BCUT2D eigenvalue weighted by Gasteiger charge is 2.11. The molecule has 0 radical (unpaired) electrons. The van der Waals surface area contributed by atoms with E-state index in [1.807, 2.05) is 19.1 Å². The smallest absolute Gasteiger partial charge is 0.230 e. The molecule has 102 valence electrons. The number of imidazole rings is 1. The molecule has 2 N–H and O–H groups in total. The number of aromatic amines is 1. The van der Waals surface area contributed by atoms with E-state index >= 15 is 0 Å². The van der Waals surface area contributed by atoms with Crippen molar-refractivity contribution >= 4 is 40.6 Å². The Morgan fingerprint density at radius 2 is 2.47 bits per heavy atom. The van der Waals surface area contributed by atoms with Gasteiger partial charge in [-0.2, -0.15) is 0 Å². The van der Waals surface area contributed by atoms with Crippen molar-refractivity contribution in [1.82, 2.24) is 15.3 Å². The largest absolute Gasteiger partial charge is 0.347 e. The maximum Gasteiger partial charge on any atom is 0.230 e. The van der Waals surface area contributed by atoms with Gasteiger partial charge >= 0.3 is 0 Å². The van der Waals surface area contributed by atoms with Crippen LogP contribution in [0.15, 0.2) is 24.5 Å². The zero-order valence-corrected chi connectivity index (χ0v) is 12.7. The zero-order chi connectivity index (χ0) is 13.7. The van der Waals surface area contributed by atoms with Crippen molar-refractivity contribution in [1.29, 1.82) is 0 Å². The Hall–Kier alpha value is -0.980. The summed E-state index contributed by atoms with van der Waals surface area (Å²) in [5.74, 6) is 2.01. The Labute approximate surface area is 125 Å². The topological polar surface area (TPSA) is 57.8 Å². The minimum Gasteiger partial charge on any atom is -0.347 e. The molecule has 1 unspecified atom stereocenters. The average molecular weight is 316 g/mol. The summed E-state index contributed by atoms with van der Waals surface area (Å²) >= 11 is 8.97. The fourth-order valence-corrected chi connectivity index (χ4v) is 3.58. The number of halogens is 1. The number of rotatable bonds is 6. The third kappa shape index (κ3) is 4.56. The van der Waals surface area contributed by atoms with E-state index in [1.165, 1.54) is 4.88 Å². The standard InChI is InChI=1S/C12H14ClN3OS2/c1-8(12-14-4-5-15-12)16-11(17)7-18-6-9-2-3-10(13)19-9/h2-5,8H,6-7H2,1H3,(H,14,15)(H,16,17). The lowest BCUT2D eigenvalue weighted by molar-refractivity contribution is -0.119. The van der Waals surface area contributed by atoms with Gasteiger partial charge in [0.1, 0.15) is 5.82 Å². The van der Waals surface area contributed by atoms with E-state index in [9.17, 15) is 4.79 Å². The second-order valence-electron chi connectivity index (χ2n) is 3.96. The first-order valence-electron chi connectivity index (χ1n) is 5.76. The maximum atomic E-state index is 11.7. The Kier molecular flexibility index (Phi) is 5.30. The van der Waals surface area contributed by atoms with Crippen LogP contribution >= 0.6 is 34.7 Å². The van der Waals surface area contributed by atoms with Crippen LogP contribution in [-0.2, 0) is 10.5 Å². The van der Waals surface area contributed by atoms with Crippen molar-refractivity contribution < 1.29 is 4.79 Å². The van der Waals surface area contributed by atoms with Crippen molar-refractivity contribution in [2.75, 3.05) is 5.75 Å². The Bertz CT molecular complexity index is 527. The molecule has 1 amide bonds. The molecule has 0 saturated heterocycles. The lowest BCUT2D eigenvalue weighted by Crippen LogP contribution is -2.28. The lowest BCUT2D eigenvalue weighted by atomic mass is 10.3. The molecule has 7 heteroatoms. The van der Waals surface area contributed by atoms with E-state index in [-0.39, 0.29) is 11.9 Å². The number of amides is 1. The number of nitrogens with zero attached hydrogens (tertiary/aromatic N) is 1. The van der Waals surface area contributed by atoms with Crippen molar-refractivity contribution in [3.63, 3.8) is 0 Å². The van der Waals surface area contributed by atoms with Crippen LogP contribution in [0.5, 0.6) is 0 Å². The van der Waals surface area contributed by atoms with Crippen LogP contribution in [-0.4, -0.2) is 21.6 Å². The molecule has 0 aliphatic heterocycles. The molecule has 1 atom stereocenters. The van der Waals surface area contributed by atoms with Gasteiger partial charge in [-0.3, -0.25) is 4.79 Å². The summed E-state index contributed by atoms with van der Waals surface area (Å²) < 4.78 is 0.784. The van der Waals surface area contributed by atoms with Gasteiger partial charge in [0.2, 0.25) is 5.91 Å². The second kappa shape index (κ2) is 6.98. The fourth-order valence-electron chi connectivity index (χ4n) is 1.54. The van der Waals surface area contributed by atoms with Gasteiger partial charge < -0.3 is 10.3 Å². The van der Waals surface area contributed by atoms with Gasteiger partial charge in [0.25, 0.3) is 0 Å². The molecule has 0 spiro atoms. The van der Waals surface area contributed by atoms with Crippen molar-refractivity contribution in [3.05, 3.63) is 39.6 Å². The van der Waals surface area contributed by atoms with Crippen LogP contribution in [0.25, 0.3) is 0 Å². The highest BCUT2D eigenvalue weighted by atomic mass is 35.5. The lowest BCUT2D eigenvalue weighted by Gasteiger charge is -2.10. The molecule has 0 fully saturated rings. The van der Waals surface area contributed by atoms with Gasteiger partial charge in [0, 0.05) is 23.0 Å². The summed E-state index contributed by atoms with van der Waals surface area (Å²) in [7, 11) is 0. The molecular formula is C12H14ClN3OS2. The first-order chi connectivity index (χ1) is 9.15. The monoisotopic (exact) mass is 315 g/mol. The first-order valence-corrected chi connectivity index (χ1v) is 8.10. The summed E-state index contributed by atoms with van der Waals surface area (Å²) in [6, 6.07) is 3.77. The fraction of sp³-hybridized carbons (Fsp3) is 0.333. The van der Waals surface area contributed by atoms with E-state index in [2.05, 4.69) is 15.3 Å². The van der Waals surface area contributed by atoms with Crippen LogP contribution in [0.4, 0.5) is 0 Å². The highest BCUT2D eigenvalue weighted by Crippen LogP contribution is 2.25. The molecule has 19 heavy (non-hydrogen) atoms. The first kappa shape index (κ1) is 14.4. The Morgan fingerprint density at radius 3 is 3.11 bits per heavy atom. The quantitative estimate of drug-likeness (QED) is 0.860. The average Bonchev–Trinajstić information content (AvgIpc) is 3.00. The van der Waals surface area contributed by atoms with Crippen LogP contribution in [0.1, 0.15) is 23.7 Å². The Morgan fingerprint density at radius 1 is 1.63 bits per heavy atom. The number of thioether (sulfide) groups is 1. The minimum atomic E-state index is -0.0979. The molecule has 0 aliphatic carbocycles. The van der Waals surface area contributed by atoms with Crippen LogP contribution in [0.2, 0.25) is 4.34 Å². The predicted octanol–water partition coefficient (Wildman–Crippen LogP) is 3.24. The molecular weight excluding hydrogens is 302 g/mol. The Balaban J connectivity index is 1.70. The van der Waals surface area contributed by atoms with Crippen molar-refractivity contribution in [2.24, 2.45) is 0 Å². The summed E-state index contributed by atoms with van der Waals surface area (Å²) in [5.41, 5.74) is 0. The molecule has 2 aromatic heterocycles. The molecule has 2 heterocycles. The third-order valence-corrected chi connectivity index (χ3v) is 4.81. The summed E-state index contributed by atoms with van der Waals surface area (Å²) in [6.07, 6.45) is 3.42. The number of carbonyl (C=O) groups excluding carboxylic acids is 1. The number of carbonyl (C=O) groups is 1. The predicted molar refractivity (Wildman–Crippen MR) is 80.6 cm³/mol. The van der Waals surface area contributed by atoms with E-state index in [0.717, 1.165) is 15.9 Å². The van der Waals surface area contributed by atoms with E-state index in [4.69, 9.17) is 11.6 Å². The van der Waals surface area contributed by atoms with Crippen LogP contribution in [0.3, 0.4) is 0 Å². The number of hydrogen-bond acceptors (Lipinski definition) is 4. The van der Waals surface area contributed by atoms with Gasteiger partial charge in [-0.15, -0.1) is 23.1 Å². The van der Waals surface area contributed by atoms with E-state index in [0.29, 0.717) is 5.75 Å². The van der Waals surface area contributed by atoms with E-state index in [1.54, 1.807) is 35.5 Å². The minimum absolute atomic E-state index is 0.0107. The van der Waals surface area contributed by atoms with Gasteiger partial charge in [0.05, 0.1) is 16.1 Å². The maximum absolute atomic E-state index is 11.7. The molecule has 0 bridgehead atoms. The summed E-state index contributed by atoms with van der Waals surface area (Å²) in [6.45, 7) is 1.90. The second-order valence-corrected chi connectivity index (χ2v) is 6.75. The van der Waals surface area contributed by atoms with Gasteiger partial charge in [0.15, 0.2) is 0 Å². The highest BCUT2D eigenvalue weighted by molar-refractivity contribution is 7.99. The molecule has 0 saturated carbocycles. The summed E-state index contributed by atoms with van der Waals surface area (Å²) in [5, 5.41) is 2.90. The number of thiophene rings is 1. The number of H-pyrrole nitrogens is 1. The number of aromatic nitrogens is 2. The normalized spacial score (nSPS) is 12.3. The van der Waals surface area contributed by atoms with Crippen molar-refractivity contribution in [3.8, 4) is 0 Å².